The maximum absolute atomic E-state index is 14.7. The Labute approximate surface area is 291 Å². The molecule has 4 atom stereocenters. The molecule has 0 saturated carbocycles. The van der Waals surface area contributed by atoms with Crippen LogP contribution in [0.25, 0.3) is 10.9 Å². The van der Waals surface area contributed by atoms with Crippen LogP contribution in [0.3, 0.4) is 0 Å². The van der Waals surface area contributed by atoms with Crippen LogP contribution in [0.15, 0.2) is 54.7 Å². The monoisotopic (exact) mass is 668 g/mol. The number of carbonyl (C=O) groups excluding carboxylic acids is 3. The Bertz CT molecular complexity index is 1650. The van der Waals surface area contributed by atoms with E-state index >= 15 is 0 Å². The van der Waals surface area contributed by atoms with Crippen LogP contribution in [0.5, 0.6) is 0 Å². The Balaban J connectivity index is 1.25. The molecule has 1 aromatic heterocycles. The highest BCUT2D eigenvalue weighted by Gasteiger charge is 2.49. The third kappa shape index (κ3) is 6.84. The molecule has 10 nitrogen and oxygen atoms in total. The number of fused-ring (bicyclic) bond motifs is 3. The minimum absolute atomic E-state index is 0.0439. The predicted octanol–water partition coefficient (Wildman–Crippen LogP) is 4.77. The second-order valence-corrected chi connectivity index (χ2v) is 14.8. The molecule has 6 rings (SSSR count). The highest BCUT2D eigenvalue weighted by atomic mass is 16.2. The highest BCUT2D eigenvalue weighted by molar-refractivity contribution is 6.45. The molecule has 3 N–H and O–H groups in total. The summed E-state index contributed by atoms with van der Waals surface area (Å²) in [6.45, 7) is 8.99. The van der Waals surface area contributed by atoms with Crippen LogP contribution >= 0.6 is 0 Å². The third-order valence-corrected chi connectivity index (χ3v) is 11.6. The summed E-state index contributed by atoms with van der Waals surface area (Å²) in [6.07, 6.45) is 6.83. The molecule has 11 heteroatoms. The Morgan fingerprint density at radius 1 is 1.08 bits per heavy atom. The van der Waals surface area contributed by atoms with Crippen molar-refractivity contribution in [2.24, 2.45) is 0 Å². The number of H-pyrrole nitrogens is 1. The van der Waals surface area contributed by atoms with E-state index < -0.39 is 13.1 Å². The van der Waals surface area contributed by atoms with Gasteiger partial charge in [-0.1, -0.05) is 56.3 Å². The van der Waals surface area contributed by atoms with Gasteiger partial charge < -0.3 is 34.8 Å². The van der Waals surface area contributed by atoms with Gasteiger partial charge in [0.15, 0.2) is 0 Å². The first-order chi connectivity index (χ1) is 23.5. The van der Waals surface area contributed by atoms with E-state index in [2.05, 4.69) is 41.5 Å². The number of benzene rings is 2. The van der Waals surface area contributed by atoms with E-state index in [9.17, 15) is 19.4 Å². The zero-order valence-corrected chi connectivity index (χ0v) is 29.8. The normalized spacial score (nSPS) is 21.6. The highest BCUT2D eigenvalue weighted by Crippen LogP contribution is 2.52. The maximum Gasteiger partial charge on any atom is 0.376 e. The van der Waals surface area contributed by atoms with Crippen molar-refractivity contribution in [3.63, 3.8) is 0 Å². The standard InChI is InChI=1S/C38H53BN6O4/c1-6-19-45(27-12-11-20-44(25-27)39(3)49)37(48)41-34(26(2)31-24-40-33-16-10-8-14-29(31)33)36(47)43-21-17-38(18-22-43)23-30(35(46)42(4)5)28-13-7-9-15-32(28)38/h7-10,13-16,24,26-27,30,34,40,49H,6,11-12,17-23,25H2,1-5H3,(H,41,48)/t26-,27?,30-,34?/m1/s1. The molecule has 2 aliphatic heterocycles. The lowest BCUT2D eigenvalue weighted by atomic mass is 9.73. The molecule has 1 aliphatic carbocycles. The fourth-order valence-corrected chi connectivity index (χ4v) is 8.79. The van der Waals surface area contributed by atoms with E-state index in [0.717, 1.165) is 67.1 Å². The van der Waals surface area contributed by atoms with Gasteiger partial charge in [0, 0.05) is 74.7 Å². The SMILES string of the molecule is CCCN(C(=O)NC(C(=O)N1CCC2(CC1)C[C@@H](C(=O)N(C)C)c1ccccc12)[C@H](C)c1c[nH]c2ccccc12)C1CCCN(B(C)O)C1. The van der Waals surface area contributed by atoms with Crippen LogP contribution in [-0.2, 0) is 15.0 Å². The summed E-state index contributed by atoms with van der Waals surface area (Å²) in [4.78, 5) is 53.1. The summed E-state index contributed by atoms with van der Waals surface area (Å²) < 4.78 is 0. The van der Waals surface area contributed by atoms with Gasteiger partial charge >= 0.3 is 13.1 Å². The van der Waals surface area contributed by atoms with Crippen LogP contribution in [-0.4, -0.2) is 113 Å². The molecule has 3 aromatic rings. The van der Waals surface area contributed by atoms with Crippen molar-refractivity contribution < 1.29 is 19.4 Å². The molecule has 1 spiro atoms. The lowest BCUT2D eigenvalue weighted by molar-refractivity contribution is -0.136. The maximum atomic E-state index is 14.7. The lowest BCUT2D eigenvalue weighted by Crippen LogP contribution is -2.60. The predicted molar refractivity (Wildman–Crippen MR) is 194 cm³/mol. The molecule has 2 unspecified atom stereocenters. The molecule has 0 bridgehead atoms. The number of aromatic nitrogens is 1. The van der Waals surface area contributed by atoms with Crippen molar-refractivity contribution in [1.82, 2.24) is 29.8 Å². The third-order valence-electron chi connectivity index (χ3n) is 11.6. The molecule has 0 radical (unpaired) electrons. The van der Waals surface area contributed by atoms with Gasteiger partial charge in [0.25, 0.3) is 0 Å². The number of para-hydroxylation sites is 1. The van der Waals surface area contributed by atoms with E-state index in [-0.39, 0.29) is 41.1 Å². The van der Waals surface area contributed by atoms with Crippen LogP contribution in [0.4, 0.5) is 4.79 Å². The number of rotatable bonds is 9. The summed E-state index contributed by atoms with van der Waals surface area (Å²) in [7, 11) is 3.06. The summed E-state index contributed by atoms with van der Waals surface area (Å²) >= 11 is 0. The Morgan fingerprint density at radius 3 is 2.51 bits per heavy atom. The minimum atomic E-state index is -0.768. The smallest absolute Gasteiger partial charge is 0.376 e. The van der Waals surface area contributed by atoms with E-state index in [1.807, 2.05) is 66.1 Å². The fourth-order valence-electron chi connectivity index (χ4n) is 8.79. The van der Waals surface area contributed by atoms with Crippen LogP contribution in [0.2, 0.25) is 6.82 Å². The Hall–Kier alpha value is -3.83. The second-order valence-electron chi connectivity index (χ2n) is 14.8. The van der Waals surface area contributed by atoms with Crippen molar-refractivity contribution in [3.8, 4) is 0 Å². The number of urea groups is 1. The molecule has 2 saturated heterocycles. The van der Waals surface area contributed by atoms with Crippen LogP contribution < -0.4 is 5.32 Å². The topological polar surface area (TPSA) is 112 Å². The van der Waals surface area contributed by atoms with E-state index in [0.29, 0.717) is 26.2 Å². The molecule has 3 heterocycles. The van der Waals surface area contributed by atoms with Gasteiger partial charge in [0.05, 0.1) is 5.92 Å². The number of hydrogen-bond acceptors (Lipinski definition) is 5. The number of carbonyl (C=O) groups is 3. The second kappa shape index (κ2) is 14.6. The average molecular weight is 669 g/mol. The number of aromatic amines is 1. The molecule has 3 aliphatic rings. The van der Waals surface area contributed by atoms with Gasteiger partial charge in [-0.3, -0.25) is 9.59 Å². The van der Waals surface area contributed by atoms with Gasteiger partial charge in [-0.05, 0) is 74.6 Å². The van der Waals surface area contributed by atoms with E-state index in [4.69, 9.17) is 0 Å². The summed E-state index contributed by atoms with van der Waals surface area (Å²) in [5, 5.41) is 14.6. The number of piperidine rings is 2. The largest absolute Gasteiger partial charge is 0.437 e. The lowest BCUT2D eigenvalue weighted by Gasteiger charge is -2.43. The quantitative estimate of drug-likeness (QED) is 0.285. The van der Waals surface area contributed by atoms with Crippen molar-refractivity contribution in [2.75, 3.05) is 46.8 Å². The van der Waals surface area contributed by atoms with Gasteiger partial charge in [-0.15, -0.1) is 0 Å². The number of nitrogens with zero attached hydrogens (tertiary/aromatic N) is 4. The van der Waals surface area contributed by atoms with Gasteiger partial charge in [-0.2, -0.15) is 0 Å². The van der Waals surface area contributed by atoms with Crippen LogP contribution in [0, 0.1) is 0 Å². The molecule has 2 fully saturated rings. The molecular formula is C38H53BN6O4. The number of hydrogen-bond donors (Lipinski definition) is 3. The van der Waals surface area contributed by atoms with E-state index in [1.54, 1.807) is 11.7 Å². The molecule has 49 heavy (non-hydrogen) atoms. The van der Waals surface area contributed by atoms with Crippen molar-refractivity contribution in [2.45, 2.75) is 88.5 Å². The van der Waals surface area contributed by atoms with Crippen LogP contribution in [0.1, 0.15) is 80.9 Å². The van der Waals surface area contributed by atoms with Gasteiger partial charge in [0.2, 0.25) is 11.8 Å². The van der Waals surface area contributed by atoms with Crippen molar-refractivity contribution in [1.29, 1.82) is 0 Å². The summed E-state index contributed by atoms with van der Waals surface area (Å²) in [5.74, 6) is -0.402. The first kappa shape index (κ1) is 35.0. The molecule has 4 amide bonds. The first-order valence-electron chi connectivity index (χ1n) is 18.2. The summed E-state index contributed by atoms with van der Waals surface area (Å²) in [5.41, 5.74) is 4.20. The van der Waals surface area contributed by atoms with Gasteiger partial charge in [-0.25, -0.2) is 4.79 Å². The fraction of sp³-hybridized carbons (Fsp3) is 0.553. The summed E-state index contributed by atoms with van der Waals surface area (Å²) in [6, 6.07) is 15.4. The Morgan fingerprint density at radius 2 is 1.80 bits per heavy atom. The minimum Gasteiger partial charge on any atom is -0.437 e. The van der Waals surface area contributed by atoms with Gasteiger partial charge in [0.1, 0.15) is 6.04 Å². The molecule has 2 aromatic carbocycles. The number of likely N-dealkylation sites (tertiary alicyclic amines) is 1. The first-order valence-corrected chi connectivity index (χ1v) is 18.2. The molecule has 262 valence electrons. The number of nitrogens with one attached hydrogen (secondary N) is 2. The zero-order chi connectivity index (χ0) is 34.9. The van der Waals surface area contributed by atoms with Crippen molar-refractivity contribution in [3.05, 3.63) is 71.4 Å². The van der Waals surface area contributed by atoms with E-state index in [1.165, 1.54) is 5.56 Å². The Kier molecular flexibility index (Phi) is 10.4. The zero-order valence-electron chi connectivity index (χ0n) is 29.8. The van der Waals surface area contributed by atoms with Crippen molar-refractivity contribution >= 4 is 35.8 Å². The number of amides is 4. The molecular weight excluding hydrogens is 615 g/mol. The number of likely N-dealkylation sites (N-methyl/N-ethyl adjacent to an activating group) is 1. The average Bonchev–Trinajstić information content (AvgIpc) is 3.68.